The maximum absolute atomic E-state index is 5.55. The van der Waals surface area contributed by atoms with Gasteiger partial charge < -0.3 is 19.9 Å². The SMILES string of the molecule is CCc1nncn1CCNC(=NCCCSC)NC(C)c1cc(C)ccc1OC. The summed E-state index contributed by atoms with van der Waals surface area (Å²) in [5.41, 5.74) is 2.33. The number of nitrogens with one attached hydrogen (secondary N) is 2. The van der Waals surface area contributed by atoms with Crippen LogP contribution in [0.1, 0.15) is 43.3 Å². The van der Waals surface area contributed by atoms with Gasteiger partial charge in [0, 0.05) is 31.6 Å². The molecule has 0 fully saturated rings. The molecule has 0 saturated heterocycles. The van der Waals surface area contributed by atoms with E-state index in [2.05, 4.69) is 64.6 Å². The van der Waals surface area contributed by atoms with Crippen LogP contribution in [0.5, 0.6) is 5.75 Å². The van der Waals surface area contributed by atoms with Crippen LogP contribution in [0.3, 0.4) is 0 Å². The molecule has 1 aromatic carbocycles. The van der Waals surface area contributed by atoms with E-state index in [9.17, 15) is 0 Å². The highest BCUT2D eigenvalue weighted by Gasteiger charge is 2.13. The van der Waals surface area contributed by atoms with Gasteiger partial charge in [-0.1, -0.05) is 24.6 Å². The number of hydrogen-bond acceptors (Lipinski definition) is 5. The summed E-state index contributed by atoms with van der Waals surface area (Å²) in [5.74, 6) is 3.80. The minimum Gasteiger partial charge on any atom is -0.496 e. The zero-order valence-electron chi connectivity index (χ0n) is 18.2. The Balaban J connectivity index is 2.04. The molecular weight excluding hydrogens is 384 g/mol. The van der Waals surface area contributed by atoms with E-state index in [0.717, 1.165) is 61.3 Å². The number of thioether (sulfide) groups is 1. The van der Waals surface area contributed by atoms with Gasteiger partial charge in [0.05, 0.1) is 13.2 Å². The highest BCUT2D eigenvalue weighted by atomic mass is 32.2. The minimum atomic E-state index is 0.0674. The first-order chi connectivity index (χ1) is 14.1. The van der Waals surface area contributed by atoms with E-state index in [0.29, 0.717) is 0 Å². The second-order valence-electron chi connectivity index (χ2n) is 6.91. The van der Waals surface area contributed by atoms with Crippen molar-refractivity contribution in [3.63, 3.8) is 0 Å². The Kier molecular flexibility index (Phi) is 9.83. The normalized spacial score (nSPS) is 12.7. The molecule has 8 heteroatoms. The van der Waals surface area contributed by atoms with Gasteiger partial charge >= 0.3 is 0 Å². The topological polar surface area (TPSA) is 76.4 Å². The van der Waals surface area contributed by atoms with Crippen LogP contribution in [0.4, 0.5) is 0 Å². The second kappa shape index (κ2) is 12.4. The molecule has 2 N–H and O–H groups in total. The van der Waals surface area contributed by atoms with Crippen LogP contribution in [-0.2, 0) is 13.0 Å². The lowest BCUT2D eigenvalue weighted by molar-refractivity contribution is 0.405. The smallest absolute Gasteiger partial charge is 0.191 e. The minimum absolute atomic E-state index is 0.0674. The van der Waals surface area contributed by atoms with E-state index >= 15 is 0 Å². The van der Waals surface area contributed by atoms with Crippen LogP contribution in [0.25, 0.3) is 0 Å². The van der Waals surface area contributed by atoms with E-state index < -0.39 is 0 Å². The summed E-state index contributed by atoms with van der Waals surface area (Å²) < 4.78 is 7.63. The highest BCUT2D eigenvalue weighted by Crippen LogP contribution is 2.25. The average molecular weight is 419 g/mol. The first kappa shape index (κ1) is 23.1. The molecule has 1 heterocycles. The number of methoxy groups -OCH3 is 1. The number of aromatic nitrogens is 3. The summed E-state index contributed by atoms with van der Waals surface area (Å²) >= 11 is 1.85. The molecule has 1 atom stereocenters. The van der Waals surface area contributed by atoms with Gasteiger partial charge in [-0.25, -0.2) is 0 Å². The summed E-state index contributed by atoms with van der Waals surface area (Å²) in [4.78, 5) is 4.77. The molecule has 29 heavy (non-hydrogen) atoms. The zero-order valence-corrected chi connectivity index (χ0v) is 19.1. The molecule has 160 valence electrons. The Morgan fingerprint density at radius 3 is 2.93 bits per heavy atom. The van der Waals surface area contributed by atoms with Crippen LogP contribution in [-0.4, -0.2) is 52.9 Å². The third-order valence-corrected chi connectivity index (χ3v) is 5.34. The quantitative estimate of drug-likeness (QED) is 0.332. The summed E-state index contributed by atoms with van der Waals surface area (Å²) in [6.45, 7) is 8.65. The van der Waals surface area contributed by atoms with Crippen LogP contribution < -0.4 is 15.4 Å². The summed E-state index contributed by atoms with van der Waals surface area (Å²) in [6.07, 6.45) is 5.83. The van der Waals surface area contributed by atoms with Crippen LogP contribution in [0, 0.1) is 6.92 Å². The second-order valence-corrected chi connectivity index (χ2v) is 7.89. The van der Waals surface area contributed by atoms with E-state index in [1.807, 2.05) is 17.8 Å². The molecule has 7 nitrogen and oxygen atoms in total. The van der Waals surface area contributed by atoms with E-state index in [1.54, 1.807) is 13.4 Å². The average Bonchev–Trinajstić information content (AvgIpc) is 3.18. The highest BCUT2D eigenvalue weighted by molar-refractivity contribution is 7.98. The number of benzene rings is 1. The number of aryl methyl sites for hydroxylation is 2. The summed E-state index contributed by atoms with van der Waals surface area (Å²) in [6, 6.07) is 6.31. The Bertz CT molecular complexity index is 776. The van der Waals surface area contributed by atoms with Gasteiger partial charge in [-0.2, -0.15) is 11.8 Å². The fourth-order valence-corrected chi connectivity index (χ4v) is 3.48. The Labute approximate surface area is 178 Å². The molecule has 1 unspecified atom stereocenters. The van der Waals surface area contributed by atoms with Crippen molar-refractivity contribution in [2.45, 2.75) is 46.2 Å². The largest absolute Gasteiger partial charge is 0.496 e. The maximum Gasteiger partial charge on any atom is 0.191 e. The van der Waals surface area contributed by atoms with Crippen LogP contribution in [0.15, 0.2) is 29.5 Å². The van der Waals surface area contributed by atoms with E-state index in [-0.39, 0.29) is 6.04 Å². The summed E-state index contributed by atoms with van der Waals surface area (Å²) in [5, 5.41) is 15.1. The standard InChI is InChI=1S/C21H34N6OS/c1-6-20-26-24-15-27(20)12-11-23-21(22-10-7-13-29-5)25-17(3)18-14-16(2)8-9-19(18)28-4/h8-9,14-15,17H,6-7,10-13H2,1-5H3,(H2,22,23,25). The predicted molar refractivity (Wildman–Crippen MR) is 122 cm³/mol. The molecule has 2 aromatic rings. The van der Waals surface area contributed by atoms with Gasteiger partial charge in [-0.3, -0.25) is 4.99 Å². The lowest BCUT2D eigenvalue weighted by Gasteiger charge is -2.21. The molecular formula is C21H34N6OS. The number of nitrogens with zero attached hydrogens (tertiary/aromatic N) is 4. The van der Waals surface area contributed by atoms with E-state index in [1.165, 1.54) is 5.56 Å². The lowest BCUT2D eigenvalue weighted by Crippen LogP contribution is -2.40. The van der Waals surface area contributed by atoms with E-state index in [4.69, 9.17) is 9.73 Å². The Hall–Kier alpha value is -2.22. The molecule has 0 aliphatic rings. The van der Waals surface area contributed by atoms with Gasteiger partial charge in [-0.15, -0.1) is 10.2 Å². The molecule has 0 saturated carbocycles. The van der Waals surface area contributed by atoms with Crippen molar-refractivity contribution in [3.05, 3.63) is 41.5 Å². The van der Waals surface area contributed by atoms with Gasteiger partial charge in [-0.05, 0) is 38.3 Å². The molecule has 1 aromatic heterocycles. The first-order valence-corrected chi connectivity index (χ1v) is 11.5. The Morgan fingerprint density at radius 1 is 1.38 bits per heavy atom. The molecule has 0 bridgehead atoms. The zero-order chi connectivity index (χ0) is 21.1. The number of rotatable bonds is 11. The van der Waals surface area contributed by atoms with Crippen LogP contribution in [0.2, 0.25) is 0 Å². The molecule has 0 amide bonds. The van der Waals surface area contributed by atoms with Crippen molar-refractivity contribution in [3.8, 4) is 5.75 Å². The number of ether oxygens (including phenoxy) is 1. The molecule has 2 rings (SSSR count). The van der Waals surface area contributed by atoms with Crippen LogP contribution >= 0.6 is 11.8 Å². The first-order valence-electron chi connectivity index (χ1n) is 10.1. The van der Waals surface area contributed by atoms with Gasteiger partial charge in [0.1, 0.15) is 17.9 Å². The van der Waals surface area contributed by atoms with Crippen molar-refractivity contribution in [1.82, 2.24) is 25.4 Å². The number of guanidine groups is 1. The predicted octanol–water partition coefficient (Wildman–Crippen LogP) is 3.21. The third-order valence-electron chi connectivity index (χ3n) is 4.64. The third kappa shape index (κ3) is 7.27. The lowest BCUT2D eigenvalue weighted by atomic mass is 10.0. The van der Waals surface area contributed by atoms with Crippen molar-refractivity contribution >= 4 is 17.7 Å². The van der Waals surface area contributed by atoms with Gasteiger partial charge in [0.25, 0.3) is 0 Å². The number of aliphatic imine (C=N–C) groups is 1. The van der Waals surface area contributed by atoms with Crippen molar-refractivity contribution in [1.29, 1.82) is 0 Å². The number of hydrogen-bond donors (Lipinski definition) is 2. The van der Waals surface area contributed by atoms with Crippen molar-refractivity contribution < 1.29 is 4.74 Å². The fraction of sp³-hybridized carbons (Fsp3) is 0.571. The Morgan fingerprint density at radius 2 is 2.21 bits per heavy atom. The molecule has 0 radical (unpaired) electrons. The molecule has 0 aliphatic heterocycles. The fourth-order valence-electron chi connectivity index (χ4n) is 3.06. The monoisotopic (exact) mass is 418 g/mol. The maximum atomic E-state index is 5.55. The van der Waals surface area contributed by atoms with Crippen molar-refractivity contribution in [2.75, 3.05) is 32.2 Å². The van der Waals surface area contributed by atoms with Crippen molar-refractivity contribution in [2.24, 2.45) is 4.99 Å². The van der Waals surface area contributed by atoms with Gasteiger partial charge in [0.2, 0.25) is 0 Å². The molecule has 0 aliphatic carbocycles. The molecule has 0 spiro atoms. The summed E-state index contributed by atoms with van der Waals surface area (Å²) in [7, 11) is 1.71. The van der Waals surface area contributed by atoms with Gasteiger partial charge in [0.15, 0.2) is 5.96 Å².